The van der Waals surface area contributed by atoms with Gasteiger partial charge in [0, 0.05) is 11.6 Å². The Balaban J connectivity index is 3.00. The van der Waals surface area contributed by atoms with Crippen molar-refractivity contribution >= 4 is 10.9 Å². The Labute approximate surface area is 80.3 Å². The largest absolute Gasteiger partial charge is 0.428 e. The van der Waals surface area contributed by atoms with Gasteiger partial charge >= 0.3 is 0 Å². The van der Waals surface area contributed by atoms with Gasteiger partial charge in [0.05, 0.1) is 5.52 Å². The van der Waals surface area contributed by atoms with E-state index in [4.69, 9.17) is 5.21 Å². The smallest absolute Gasteiger partial charge is 0.113 e. The number of rotatable bonds is 0. The number of aromatic nitrogens is 1. The van der Waals surface area contributed by atoms with Gasteiger partial charge < -0.3 is 10.4 Å². The summed E-state index contributed by atoms with van der Waals surface area (Å²) in [6.45, 7) is 1.94. The van der Waals surface area contributed by atoms with Crippen LogP contribution in [0.1, 0.15) is 5.56 Å². The normalized spacial score (nSPS) is 12.2. The summed E-state index contributed by atoms with van der Waals surface area (Å²) in [6, 6.07) is 7.06. The Morgan fingerprint density at radius 3 is 2.79 bits per heavy atom. The van der Waals surface area contributed by atoms with Crippen LogP contribution in [-0.2, 0) is 0 Å². The second kappa shape index (κ2) is 3.06. The van der Waals surface area contributed by atoms with Gasteiger partial charge in [0.15, 0.2) is 0 Å². The van der Waals surface area contributed by atoms with Crippen LogP contribution in [0.15, 0.2) is 35.6 Å². The molecule has 0 radical (unpaired) electrons. The molecule has 4 nitrogen and oxygen atoms in total. The maximum atomic E-state index is 9.48. The minimum atomic E-state index is 0.453. The van der Waals surface area contributed by atoms with Gasteiger partial charge in [0.1, 0.15) is 5.36 Å². The van der Waals surface area contributed by atoms with Crippen molar-refractivity contribution in [3.05, 3.63) is 41.4 Å². The average molecular weight is 190 g/mol. The lowest BCUT2D eigenvalue weighted by Gasteiger charge is -2.04. The molecule has 0 aliphatic heterocycles. The maximum absolute atomic E-state index is 9.48. The molecule has 0 aliphatic carbocycles. The van der Waals surface area contributed by atoms with Crippen LogP contribution in [0.5, 0.6) is 0 Å². The number of hydrogen-bond acceptors (Lipinski definition) is 3. The molecule has 0 fully saturated rings. The molecule has 4 heteroatoms. The van der Waals surface area contributed by atoms with E-state index in [9.17, 15) is 5.21 Å². The van der Waals surface area contributed by atoms with E-state index in [0.717, 1.165) is 15.7 Å². The minimum absolute atomic E-state index is 0.453. The van der Waals surface area contributed by atoms with Crippen molar-refractivity contribution in [3.63, 3.8) is 0 Å². The van der Waals surface area contributed by atoms with E-state index in [1.807, 2.05) is 19.1 Å². The van der Waals surface area contributed by atoms with Gasteiger partial charge in [-0.2, -0.15) is 4.73 Å². The van der Waals surface area contributed by atoms with Crippen molar-refractivity contribution < 1.29 is 10.4 Å². The predicted octanol–water partition coefficient (Wildman–Crippen LogP) is 1.48. The third-order valence-electron chi connectivity index (χ3n) is 2.16. The van der Waals surface area contributed by atoms with Gasteiger partial charge in [-0.15, -0.1) is 0 Å². The molecule has 1 aromatic carbocycles. The molecule has 0 aliphatic rings. The topological polar surface area (TPSA) is 57.8 Å². The summed E-state index contributed by atoms with van der Waals surface area (Å²) < 4.78 is 1.00. The second-order valence-corrected chi connectivity index (χ2v) is 3.17. The summed E-state index contributed by atoms with van der Waals surface area (Å²) >= 11 is 0. The van der Waals surface area contributed by atoms with Crippen LogP contribution >= 0.6 is 0 Å². The summed E-state index contributed by atoms with van der Waals surface area (Å²) in [5, 5.41) is 22.6. The van der Waals surface area contributed by atoms with E-state index in [2.05, 4.69) is 5.16 Å². The van der Waals surface area contributed by atoms with Crippen LogP contribution in [0.3, 0.4) is 0 Å². The molecule has 1 heterocycles. The molecular formula is C10H10N2O2. The molecule has 2 rings (SSSR count). The van der Waals surface area contributed by atoms with Crippen molar-refractivity contribution in [1.82, 2.24) is 4.73 Å². The molecule has 1 aromatic heterocycles. The summed E-state index contributed by atoms with van der Waals surface area (Å²) in [7, 11) is 0. The van der Waals surface area contributed by atoms with Crippen molar-refractivity contribution in [1.29, 1.82) is 0 Å². The van der Waals surface area contributed by atoms with E-state index in [-0.39, 0.29) is 0 Å². The van der Waals surface area contributed by atoms with E-state index in [1.165, 1.54) is 6.20 Å². The number of aryl methyl sites for hydroxylation is 1. The second-order valence-electron chi connectivity index (χ2n) is 3.17. The fraction of sp³-hybridized carbons (Fsp3) is 0.100. The first-order valence-electron chi connectivity index (χ1n) is 4.22. The zero-order valence-corrected chi connectivity index (χ0v) is 7.68. The van der Waals surface area contributed by atoms with Gasteiger partial charge in [-0.1, -0.05) is 16.8 Å². The molecule has 2 N–H and O–H groups in total. The number of fused-ring (bicyclic) bond motifs is 1. The number of pyridine rings is 1. The Morgan fingerprint density at radius 1 is 1.29 bits per heavy atom. The lowest BCUT2D eigenvalue weighted by molar-refractivity contribution is 0.197. The van der Waals surface area contributed by atoms with E-state index < -0.39 is 0 Å². The first-order chi connectivity index (χ1) is 6.72. The summed E-state index contributed by atoms with van der Waals surface area (Å²) in [5.41, 5.74) is 1.67. The van der Waals surface area contributed by atoms with Gasteiger partial charge in [-0.3, -0.25) is 0 Å². The highest BCUT2D eigenvalue weighted by Crippen LogP contribution is 2.10. The molecule has 0 saturated heterocycles. The van der Waals surface area contributed by atoms with E-state index in [1.54, 1.807) is 12.1 Å². The predicted molar refractivity (Wildman–Crippen MR) is 51.2 cm³/mol. The maximum Gasteiger partial charge on any atom is 0.113 e. The molecule has 0 atom stereocenters. The average Bonchev–Trinajstić information content (AvgIpc) is 2.18. The van der Waals surface area contributed by atoms with Crippen LogP contribution in [0.25, 0.3) is 10.9 Å². The molecule has 0 amide bonds. The highest BCUT2D eigenvalue weighted by molar-refractivity contribution is 5.78. The SMILES string of the molecule is Cc1ccc2c(c1)/c(=N/O)ccn2O. The zero-order valence-electron chi connectivity index (χ0n) is 7.68. The highest BCUT2D eigenvalue weighted by atomic mass is 16.5. The summed E-state index contributed by atoms with van der Waals surface area (Å²) in [6.07, 6.45) is 1.44. The van der Waals surface area contributed by atoms with E-state index in [0.29, 0.717) is 10.9 Å². The quantitative estimate of drug-likeness (QED) is 0.375. The molecule has 0 bridgehead atoms. The lowest BCUT2D eigenvalue weighted by Crippen LogP contribution is -2.07. The van der Waals surface area contributed by atoms with Crippen LogP contribution in [0.4, 0.5) is 0 Å². The highest BCUT2D eigenvalue weighted by Gasteiger charge is 2.00. The Kier molecular flexibility index (Phi) is 1.89. The molecule has 0 spiro atoms. The van der Waals surface area contributed by atoms with Crippen LogP contribution < -0.4 is 5.36 Å². The first kappa shape index (κ1) is 8.62. The lowest BCUT2D eigenvalue weighted by atomic mass is 10.1. The number of hydrogen-bond donors (Lipinski definition) is 2. The third kappa shape index (κ3) is 1.21. The fourth-order valence-electron chi connectivity index (χ4n) is 1.45. The molecule has 0 saturated carbocycles. The standard InChI is InChI=1S/C10H10N2O2/c1-7-2-3-10-8(6-7)9(11-13)4-5-12(10)14/h2-6,13-14H,1H3/b11-9+. The van der Waals surface area contributed by atoms with Gasteiger partial charge in [0.2, 0.25) is 0 Å². The first-order valence-corrected chi connectivity index (χ1v) is 4.22. The van der Waals surface area contributed by atoms with Crippen LogP contribution in [0.2, 0.25) is 0 Å². The van der Waals surface area contributed by atoms with Gasteiger partial charge in [-0.05, 0) is 25.1 Å². The Bertz CT molecular complexity index is 543. The van der Waals surface area contributed by atoms with Crippen LogP contribution in [0, 0.1) is 6.92 Å². The Hall–Kier alpha value is -1.97. The zero-order chi connectivity index (χ0) is 10.1. The van der Waals surface area contributed by atoms with Gasteiger partial charge in [0.25, 0.3) is 0 Å². The Morgan fingerprint density at radius 2 is 2.07 bits per heavy atom. The molecular weight excluding hydrogens is 180 g/mol. The summed E-state index contributed by atoms with van der Waals surface area (Å²) in [4.78, 5) is 0. The number of benzene rings is 1. The monoisotopic (exact) mass is 190 g/mol. The van der Waals surface area contributed by atoms with Crippen molar-refractivity contribution in [2.45, 2.75) is 6.92 Å². The van der Waals surface area contributed by atoms with Crippen LogP contribution in [-0.4, -0.2) is 15.1 Å². The fourth-order valence-corrected chi connectivity index (χ4v) is 1.45. The van der Waals surface area contributed by atoms with Gasteiger partial charge in [-0.25, -0.2) is 0 Å². The summed E-state index contributed by atoms with van der Waals surface area (Å²) in [5.74, 6) is 0. The van der Waals surface area contributed by atoms with Crippen molar-refractivity contribution in [2.24, 2.45) is 5.16 Å². The molecule has 2 aromatic rings. The number of nitrogens with zero attached hydrogens (tertiary/aromatic N) is 2. The molecule has 72 valence electrons. The molecule has 14 heavy (non-hydrogen) atoms. The van der Waals surface area contributed by atoms with Crippen molar-refractivity contribution in [2.75, 3.05) is 0 Å². The minimum Gasteiger partial charge on any atom is -0.428 e. The molecule has 0 unspecified atom stereocenters. The van der Waals surface area contributed by atoms with Crippen molar-refractivity contribution in [3.8, 4) is 0 Å². The third-order valence-corrected chi connectivity index (χ3v) is 2.16. The van der Waals surface area contributed by atoms with E-state index >= 15 is 0 Å².